The third-order valence-electron chi connectivity index (χ3n) is 5.03. The van der Waals surface area contributed by atoms with Gasteiger partial charge in [-0.25, -0.2) is 15.0 Å². The summed E-state index contributed by atoms with van der Waals surface area (Å²) in [7, 11) is 3.53. The molecule has 1 aliphatic rings. The van der Waals surface area contributed by atoms with Crippen LogP contribution < -0.4 is 10.6 Å². The summed E-state index contributed by atoms with van der Waals surface area (Å²) in [6.07, 6.45) is -1.71. The number of fused-ring (bicyclic) bond motifs is 1. The average Bonchev–Trinajstić information content (AvgIpc) is 3.37. The van der Waals surface area contributed by atoms with Gasteiger partial charge in [0.05, 0.1) is 17.6 Å². The molecule has 12 heteroatoms. The van der Waals surface area contributed by atoms with E-state index in [1.165, 1.54) is 10.9 Å². The molecule has 3 aromatic rings. The number of likely N-dealkylation sites (N-methyl/N-ethyl adjacent to an activating group) is 1. The van der Waals surface area contributed by atoms with E-state index in [9.17, 15) is 15.0 Å². The quantitative estimate of drug-likeness (QED) is 0.424. The summed E-state index contributed by atoms with van der Waals surface area (Å²) in [5.41, 5.74) is 2.36. The van der Waals surface area contributed by atoms with Crippen molar-refractivity contribution < 1.29 is 19.7 Å². The Morgan fingerprint density at radius 3 is 2.70 bits per heavy atom. The van der Waals surface area contributed by atoms with Crippen molar-refractivity contribution in [3.8, 4) is 11.4 Å². The van der Waals surface area contributed by atoms with Crippen LogP contribution in [0.2, 0.25) is 0 Å². The Bertz CT molecular complexity index is 1090. The summed E-state index contributed by atoms with van der Waals surface area (Å²) < 4.78 is 8.89. The summed E-state index contributed by atoms with van der Waals surface area (Å²) in [5, 5.41) is 30.8. The third-order valence-corrected chi connectivity index (χ3v) is 5.03. The molecule has 4 rings (SSSR count). The van der Waals surface area contributed by atoms with Crippen LogP contribution in [0.1, 0.15) is 18.8 Å². The van der Waals surface area contributed by atoms with Gasteiger partial charge in [0.1, 0.15) is 12.2 Å². The summed E-state index contributed by atoms with van der Waals surface area (Å²) >= 11 is 0. The van der Waals surface area contributed by atoms with Crippen molar-refractivity contribution in [3.05, 3.63) is 18.2 Å². The number of amides is 1. The van der Waals surface area contributed by atoms with Crippen LogP contribution in [-0.2, 0) is 16.6 Å². The second kappa shape index (κ2) is 7.63. The topological polar surface area (TPSA) is 152 Å². The Morgan fingerprint density at radius 1 is 1.30 bits per heavy atom. The molecule has 0 radical (unpaired) electrons. The number of carbonyl (C=O) groups is 1. The highest BCUT2D eigenvalue weighted by atomic mass is 16.6. The normalized spacial score (nSPS) is 23.8. The average molecular weight is 416 g/mol. The highest BCUT2D eigenvalue weighted by Crippen LogP contribution is 2.33. The molecule has 0 spiro atoms. The number of ether oxygens (including phenoxy) is 1. The van der Waals surface area contributed by atoms with E-state index < -0.39 is 30.4 Å². The van der Waals surface area contributed by atoms with Crippen LogP contribution in [0.3, 0.4) is 0 Å². The highest BCUT2D eigenvalue weighted by Gasteiger charge is 2.47. The molecule has 0 aliphatic carbocycles. The second-order valence-electron chi connectivity index (χ2n) is 7.09. The van der Waals surface area contributed by atoms with Gasteiger partial charge in [-0.2, -0.15) is 5.10 Å². The van der Waals surface area contributed by atoms with Crippen LogP contribution >= 0.6 is 0 Å². The smallest absolute Gasteiger partial charge is 0.252 e. The molecule has 160 valence electrons. The number of nitrogens with zero attached hydrogens (tertiary/aromatic N) is 6. The lowest BCUT2D eigenvalue weighted by molar-refractivity contribution is -0.137. The van der Waals surface area contributed by atoms with Crippen molar-refractivity contribution in [2.24, 2.45) is 7.05 Å². The molecule has 1 aliphatic heterocycles. The molecule has 1 amide bonds. The fourth-order valence-electron chi connectivity index (χ4n) is 3.60. The fraction of sp³-hybridized carbons (Fsp3) is 0.500. The Balaban J connectivity index is 1.79. The maximum atomic E-state index is 12.2. The number of imidazole rings is 1. The molecule has 1 fully saturated rings. The number of nitrogens with one attached hydrogen (secondary N) is 2. The molecule has 0 unspecified atom stereocenters. The van der Waals surface area contributed by atoms with Gasteiger partial charge in [0.25, 0.3) is 5.91 Å². The number of aliphatic hydroxyl groups excluding tert-OH is 2. The van der Waals surface area contributed by atoms with E-state index in [0.717, 1.165) is 11.3 Å². The molecular formula is C18H24N8O4. The highest BCUT2D eigenvalue weighted by molar-refractivity contribution is 5.85. The molecule has 30 heavy (non-hydrogen) atoms. The number of aromatic nitrogens is 6. The van der Waals surface area contributed by atoms with E-state index in [0.29, 0.717) is 29.4 Å². The van der Waals surface area contributed by atoms with Gasteiger partial charge in [-0.05, 0) is 13.8 Å². The summed E-state index contributed by atoms with van der Waals surface area (Å²) in [6, 6.07) is 0. The van der Waals surface area contributed by atoms with Crippen LogP contribution in [0.5, 0.6) is 0 Å². The van der Waals surface area contributed by atoms with E-state index in [-0.39, 0.29) is 0 Å². The largest absolute Gasteiger partial charge is 0.387 e. The maximum absolute atomic E-state index is 12.2. The van der Waals surface area contributed by atoms with Crippen LogP contribution in [0.25, 0.3) is 22.6 Å². The Morgan fingerprint density at radius 2 is 2.07 bits per heavy atom. The number of rotatable bonds is 5. The minimum absolute atomic E-state index is 0.382. The summed E-state index contributed by atoms with van der Waals surface area (Å²) in [5.74, 6) is 0.422. The number of hydrogen-bond acceptors (Lipinski definition) is 9. The van der Waals surface area contributed by atoms with Gasteiger partial charge in [0.15, 0.2) is 35.1 Å². The van der Waals surface area contributed by atoms with E-state index in [4.69, 9.17) is 4.74 Å². The zero-order valence-corrected chi connectivity index (χ0v) is 17.1. The van der Waals surface area contributed by atoms with Crippen LogP contribution in [0.15, 0.2) is 12.5 Å². The lowest BCUT2D eigenvalue weighted by Crippen LogP contribution is -2.42. The first-order valence-corrected chi connectivity index (χ1v) is 9.58. The van der Waals surface area contributed by atoms with E-state index >= 15 is 0 Å². The van der Waals surface area contributed by atoms with Crippen molar-refractivity contribution in [2.75, 3.05) is 18.9 Å². The lowest BCUT2D eigenvalue weighted by atomic mass is 10.1. The molecule has 3 aromatic heterocycles. The molecule has 0 aromatic carbocycles. The van der Waals surface area contributed by atoms with Gasteiger partial charge in [-0.3, -0.25) is 14.0 Å². The van der Waals surface area contributed by atoms with Crippen LogP contribution in [0, 0.1) is 6.92 Å². The van der Waals surface area contributed by atoms with Gasteiger partial charge < -0.3 is 25.6 Å². The number of carbonyl (C=O) groups excluding carboxylic acids is 1. The van der Waals surface area contributed by atoms with Crippen molar-refractivity contribution >= 4 is 22.9 Å². The first-order chi connectivity index (χ1) is 14.3. The minimum atomic E-state index is -1.38. The SMILES string of the molecule is CCNC(=O)[C@H]1O[C@@H](n2cnc3c(NC)nc(-c4cn(C)nc4C)nc32)[C@H](O)[C@@H]1O. The molecule has 0 saturated carbocycles. The Hall–Kier alpha value is -3.09. The van der Waals surface area contributed by atoms with E-state index in [2.05, 4.69) is 30.7 Å². The molecule has 4 atom stereocenters. The maximum Gasteiger partial charge on any atom is 0.252 e. The molecule has 4 heterocycles. The molecule has 1 saturated heterocycles. The molecule has 4 N–H and O–H groups in total. The number of anilines is 1. The fourth-order valence-corrected chi connectivity index (χ4v) is 3.60. The number of aryl methyl sites for hydroxylation is 2. The lowest BCUT2D eigenvalue weighted by Gasteiger charge is -2.17. The zero-order chi connectivity index (χ0) is 21.6. The van der Waals surface area contributed by atoms with Crippen LogP contribution in [0.4, 0.5) is 5.82 Å². The van der Waals surface area contributed by atoms with Gasteiger partial charge in [-0.1, -0.05) is 0 Å². The summed E-state index contributed by atoms with van der Waals surface area (Å²) in [6.45, 7) is 4.00. The first-order valence-electron chi connectivity index (χ1n) is 9.58. The standard InChI is InChI=1S/C18H24N8O4/c1-5-20-17(29)13-11(27)12(28)18(30-13)26-7-21-10-15(19-3)22-14(23-16(10)26)9-6-25(4)24-8(9)2/h6-7,11-13,18,27-28H,5H2,1-4H3,(H,20,29)(H,19,22,23)/t11-,12+,13-,18+/m0/s1. The molecular weight excluding hydrogens is 392 g/mol. The van der Waals surface area contributed by atoms with Crippen molar-refractivity contribution in [2.45, 2.75) is 38.4 Å². The summed E-state index contributed by atoms with van der Waals surface area (Å²) in [4.78, 5) is 25.7. The molecule has 0 bridgehead atoms. The van der Waals surface area contributed by atoms with Crippen LogP contribution in [-0.4, -0.2) is 77.3 Å². The Kier molecular flexibility index (Phi) is 5.13. The second-order valence-corrected chi connectivity index (χ2v) is 7.09. The molecule has 12 nitrogen and oxygen atoms in total. The van der Waals surface area contributed by atoms with Gasteiger partial charge in [-0.15, -0.1) is 0 Å². The van der Waals surface area contributed by atoms with E-state index in [1.807, 2.05) is 20.2 Å². The predicted molar refractivity (Wildman–Crippen MR) is 106 cm³/mol. The van der Waals surface area contributed by atoms with Crippen molar-refractivity contribution in [1.29, 1.82) is 0 Å². The van der Waals surface area contributed by atoms with E-state index in [1.54, 1.807) is 18.7 Å². The minimum Gasteiger partial charge on any atom is -0.387 e. The predicted octanol–water partition coefficient (Wildman–Crippen LogP) is -0.668. The van der Waals surface area contributed by atoms with Crippen molar-refractivity contribution in [1.82, 2.24) is 34.6 Å². The monoisotopic (exact) mass is 416 g/mol. The van der Waals surface area contributed by atoms with Gasteiger partial charge in [0.2, 0.25) is 0 Å². The first kappa shape index (κ1) is 20.2. The van der Waals surface area contributed by atoms with Gasteiger partial charge >= 0.3 is 0 Å². The van der Waals surface area contributed by atoms with Crippen molar-refractivity contribution in [3.63, 3.8) is 0 Å². The third kappa shape index (κ3) is 3.18. The number of hydrogen-bond donors (Lipinski definition) is 4. The Labute approximate surface area is 171 Å². The number of aliphatic hydroxyl groups is 2. The van der Waals surface area contributed by atoms with Gasteiger partial charge in [0, 0.05) is 26.8 Å². The zero-order valence-electron chi connectivity index (χ0n) is 17.1.